The predicted molar refractivity (Wildman–Crippen MR) is 64.1 cm³/mol. The lowest BCUT2D eigenvalue weighted by molar-refractivity contribution is -0.112. The topological polar surface area (TPSA) is 17.1 Å². The zero-order chi connectivity index (χ0) is 9.68. The molecule has 1 nitrogen and oxygen atoms in total. The van der Waals surface area contributed by atoms with Gasteiger partial charge in [-0.15, -0.1) is 12.6 Å². The van der Waals surface area contributed by atoms with Crippen molar-refractivity contribution in [3.63, 3.8) is 0 Å². The summed E-state index contributed by atoms with van der Waals surface area (Å²) in [5.74, 6) is 0.781. The third-order valence-electron chi connectivity index (χ3n) is 1.89. The summed E-state index contributed by atoms with van der Waals surface area (Å²) >= 11 is 9.63. The standard InChI is InChI=1S/C9H12OS3/c10-9(12)8(2-1-4-11)7-3-5-13-6-7/h3,5-6,8,11H,1-2,4H2,(H,10,12)/t8-/m0/s1. The van der Waals surface area contributed by atoms with E-state index in [0.29, 0.717) is 0 Å². The highest BCUT2D eigenvalue weighted by molar-refractivity contribution is 7.96. The molecular weight excluding hydrogens is 220 g/mol. The van der Waals surface area contributed by atoms with Crippen LogP contribution in [0.3, 0.4) is 0 Å². The lowest BCUT2D eigenvalue weighted by Gasteiger charge is -2.09. The minimum atomic E-state index is -0.0415. The number of carbonyl (C=O) groups is 1. The molecule has 0 spiro atoms. The van der Waals surface area contributed by atoms with Gasteiger partial charge in [0.15, 0.2) is 5.12 Å². The van der Waals surface area contributed by atoms with Crippen LogP contribution in [-0.4, -0.2) is 10.9 Å². The second-order valence-corrected chi connectivity index (χ2v) is 4.48. The number of hydrogen-bond donors (Lipinski definition) is 2. The molecule has 1 atom stereocenters. The van der Waals surface area contributed by atoms with E-state index in [-0.39, 0.29) is 11.0 Å². The summed E-state index contributed by atoms with van der Waals surface area (Å²) in [6.07, 6.45) is 1.80. The lowest BCUT2D eigenvalue weighted by Crippen LogP contribution is -2.05. The van der Waals surface area contributed by atoms with Crippen molar-refractivity contribution in [2.24, 2.45) is 0 Å². The van der Waals surface area contributed by atoms with Crippen molar-refractivity contribution in [2.75, 3.05) is 5.75 Å². The smallest absolute Gasteiger partial charge is 0.193 e. The van der Waals surface area contributed by atoms with E-state index in [0.717, 1.165) is 24.2 Å². The summed E-state index contributed by atoms with van der Waals surface area (Å²) in [5.41, 5.74) is 1.09. The zero-order valence-electron chi connectivity index (χ0n) is 7.14. The maximum Gasteiger partial charge on any atom is 0.193 e. The molecule has 0 N–H and O–H groups in total. The zero-order valence-corrected chi connectivity index (χ0v) is 9.75. The van der Waals surface area contributed by atoms with Crippen LogP contribution in [0.1, 0.15) is 24.3 Å². The highest BCUT2D eigenvalue weighted by atomic mass is 32.1. The van der Waals surface area contributed by atoms with Crippen molar-refractivity contribution in [3.05, 3.63) is 22.4 Å². The van der Waals surface area contributed by atoms with Crippen LogP contribution in [-0.2, 0) is 4.79 Å². The first-order chi connectivity index (χ1) is 6.25. The van der Waals surface area contributed by atoms with Gasteiger partial charge in [0.25, 0.3) is 0 Å². The Morgan fingerprint density at radius 2 is 2.38 bits per heavy atom. The first kappa shape index (κ1) is 11.1. The summed E-state index contributed by atoms with van der Waals surface area (Å²) in [5, 5.41) is 3.96. The van der Waals surface area contributed by atoms with Gasteiger partial charge >= 0.3 is 0 Å². The van der Waals surface area contributed by atoms with Crippen molar-refractivity contribution in [1.82, 2.24) is 0 Å². The summed E-state index contributed by atoms with van der Waals surface area (Å²) in [6.45, 7) is 0. The van der Waals surface area contributed by atoms with Crippen LogP contribution in [0.5, 0.6) is 0 Å². The van der Waals surface area contributed by atoms with Gasteiger partial charge in [0, 0.05) is 0 Å². The van der Waals surface area contributed by atoms with E-state index in [9.17, 15) is 4.79 Å². The van der Waals surface area contributed by atoms with E-state index in [1.165, 1.54) is 0 Å². The highest BCUT2D eigenvalue weighted by Gasteiger charge is 2.16. The van der Waals surface area contributed by atoms with Crippen molar-refractivity contribution in [2.45, 2.75) is 18.8 Å². The molecule has 0 saturated heterocycles. The number of hydrogen-bond acceptors (Lipinski definition) is 3. The Morgan fingerprint density at radius 1 is 1.62 bits per heavy atom. The van der Waals surface area contributed by atoms with Crippen LogP contribution in [0.4, 0.5) is 0 Å². The molecule has 0 aliphatic rings. The van der Waals surface area contributed by atoms with Gasteiger partial charge in [0.1, 0.15) is 0 Å². The Kier molecular flexibility index (Phi) is 4.91. The molecule has 0 unspecified atom stereocenters. The van der Waals surface area contributed by atoms with Gasteiger partial charge < -0.3 is 0 Å². The number of rotatable bonds is 5. The Balaban J connectivity index is 2.63. The minimum Gasteiger partial charge on any atom is -0.287 e. The molecule has 0 saturated carbocycles. The fourth-order valence-electron chi connectivity index (χ4n) is 1.20. The van der Waals surface area contributed by atoms with Gasteiger partial charge in [-0.25, -0.2) is 0 Å². The Bertz CT molecular complexity index is 256. The molecule has 4 heteroatoms. The van der Waals surface area contributed by atoms with Crippen LogP contribution in [0.25, 0.3) is 0 Å². The molecule has 13 heavy (non-hydrogen) atoms. The van der Waals surface area contributed by atoms with Crippen LogP contribution >= 0.6 is 36.6 Å². The third kappa shape index (κ3) is 3.37. The van der Waals surface area contributed by atoms with Gasteiger partial charge in [0.2, 0.25) is 0 Å². The fourth-order valence-corrected chi connectivity index (χ4v) is 2.38. The molecule has 1 aromatic rings. The fraction of sp³-hybridized carbons (Fsp3) is 0.444. The van der Waals surface area contributed by atoms with Gasteiger partial charge in [-0.1, -0.05) is 0 Å². The monoisotopic (exact) mass is 232 g/mol. The predicted octanol–water partition coefficient (Wildman–Crippen LogP) is 3.00. The molecule has 1 heterocycles. The second-order valence-electron chi connectivity index (χ2n) is 2.81. The second kappa shape index (κ2) is 5.73. The molecule has 0 radical (unpaired) electrons. The molecule has 0 amide bonds. The normalized spacial score (nSPS) is 12.8. The summed E-state index contributed by atoms with van der Waals surface area (Å²) < 4.78 is 0. The van der Waals surface area contributed by atoms with Gasteiger partial charge in [0.05, 0.1) is 5.92 Å². The molecule has 0 aromatic carbocycles. The number of thiol groups is 2. The minimum absolute atomic E-state index is 0.0401. The first-order valence-corrected chi connectivity index (χ1v) is 6.13. The van der Waals surface area contributed by atoms with Crippen LogP contribution in [0.2, 0.25) is 0 Å². The number of thiophene rings is 1. The van der Waals surface area contributed by atoms with Gasteiger partial charge in [-0.05, 0) is 41.0 Å². The van der Waals surface area contributed by atoms with E-state index >= 15 is 0 Å². The van der Waals surface area contributed by atoms with E-state index in [1.807, 2.05) is 16.8 Å². The molecular formula is C9H12OS3. The average Bonchev–Trinajstić information content (AvgIpc) is 2.57. The molecule has 1 rings (SSSR count). The molecule has 0 aliphatic heterocycles. The Hall–Kier alpha value is 0.0700. The quantitative estimate of drug-likeness (QED) is 0.746. The van der Waals surface area contributed by atoms with E-state index in [2.05, 4.69) is 25.3 Å². The van der Waals surface area contributed by atoms with E-state index in [1.54, 1.807) is 11.3 Å². The first-order valence-electron chi connectivity index (χ1n) is 4.11. The largest absolute Gasteiger partial charge is 0.287 e. The van der Waals surface area contributed by atoms with Gasteiger partial charge in [-0.3, -0.25) is 4.79 Å². The van der Waals surface area contributed by atoms with Crippen LogP contribution in [0, 0.1) is 0 Å². The highest BCUT2D eigenvalue weighted by Crippen LogP contribution is 2.25. The molecule has 1 aromatic heterocycles. The SMILES string of the molecule is O=C(S)[C@@H](CCCS)c1ccsc1. The lowest BCUT2D eigenvalue weighted by atomic mass is 9.99. The van der Waals surface area contributed by atoms with Crippen molar-refractivity contribution < 1.29 is 4.79 Å². The Morgan fingerprint density at radius 3 is 2.85 bits per heavy atom. The molecule has 0 bridgehead atoms. The van der Waals surface area contributed by atoms with Crippen molar-refractivity contribution >= 4 is 41.7 Å². The third-order valence-corrected chi connectivity index (χ3v) is 3.22. The summed E-state index contributed by atoms with van der Waals surface area (Å²) in [6, 6.07) is 1.99. The maximum absolute atomic E-state index is 11.2. The summed E-state index contributed by atoms with van der Waals surface area (Å²) in [4.78, 5) is 11.2. The molecule has 0 aliphatic carbocycles. The molecule has 0 fully saturated rings. The molecule has 72 valence electrons. The van der Waals surface area contributed by atoms with E-state index < -0.39 is 0 Å². The Labute approximate surface area is 93.4 Å². The van der Waals surface area contributed by atoms with Crippen molar-refractivity contribution in [1.29, 1.82) is 0 Å². The average molecular weight is 232 g/mol. The van der Waals surface area contributed by atoms with Crippen molar-refractivity contribution in [3.8, 4) is 0 Å². The van der Waals surface area contributed by atoms with E-state index in [4.69, 9.17) is 0 Å². The van der Waals surface area contributed by atoms with Gasteiger partial charge in [-0.2, -0.15) is 24.0 Å². The maximum atomic E-state index is 11.2. The van der Waals surface area contributed by atoms with Crippen LogP contribution in [0.15, 0.2) is 16.8 Å². The van der Waals surface area contributed by atoms with Crippen LogP contribution < -0.4 is 0 Å². The summed E-state index contributed by atoms with van der Waals surface area (Å²) in [7, 11) is 0. The number of carbonyl (C=O) groups excluding carboxylic acids is 1.